The molecule has 4 nitrogen and oxygen atoms in total. The lowest BCUT2D eigenvalue weighted by Gasteiger charge is -2.26. The SMILES string of the molecule is CCCNC1(C(=O)O)CCC(Oc2cc(C)ccc2F)C1. The first kappa shape index (κ1) is 15.8. The van der Waals surface area contributed by atoms with E-state index >= 15 is 0 Å². The van der Waals surface area contributed by atoms with Gasteiger partial charge in [0.05, 0.1) is 0 Å². The van der Waals surface area contributed by atoms with E-state index in [9.17, 15) is 14.3 Å². The zero-order chi connectivity index (χ0) is 15.5. The van der Waals surface area contributed by atoms with Crippen molar-refractivity contribution in [2.45, 2.75) is 51.2 Å². The van der Waals surface area contributed by atoms with Crippen LogP contribution in [0.5, 0.6) is 5.75 Å². The number of aryl methyl sites for hydroxylation is 1. The fourth-order valence-electron chi connectivity index (χ4n) is 2.78. The van der Waals surface area contributed by atoms with Crippen LogP contribution in [0.3, 0.4) is 0 Å². The number of carboxylic acid groups (broad SMARTS) is 1. The van der Waals surface area contributed by atoms with Gasteiger partial charge in [0, 0.05) is 6.42 Å². The molecule has 2 N–H and O–H groups in total. The maximum absolute atomic E-state index is 13.7. The van der Waals surface area contributed by atoms with Gasteiger partial charge in [0.1, 0.15) is 11.6 Å². The van der Waals surface area contributed by atoms with Crippen molar-refractivity contribution in [3.05, 3.63) is 29.6 Å². The van der Waals surface area contributed by atoms with Gasteiger partial charge in [-0.3, -0.25) is 4.79 Å². The van der Waals surface area contributed by atoms with E-state index in [1.807, 2.05) is 13.8 Å². The molecule has 2 rings (SSSR count). The summed E-state index contributed by atoms with van der Waals surface area (Å²) in [6, 6.07) is 4.70. The van der Waals surface area contributed by atoms with Crippen LogP contribution in [0.2, 0.25) is 0 Å². The molecule has 0 bridgehead atoms. The molecule has 21 heavy (non-hydrogen) atoms. The molecule has 0 radical (unpaired) electrons. The van der Waals surface area contributed by atoms with Crippen molar-refractivity contribution in [1.29, 1.82) is 0 Å². The summed E-state index contributed by atoms with van der Waals surface area (Å²) in [5.74, 6) is -1.06. The quantitative estimate of drug-likeness (QED) is 0.847. The van der Waals surface area contributed by atoms with Gasteiger partial charge < -0.3 is 15.2 Å². The third kappa shape index (κ3) is 3.53. The smallest absolute Gasteiger partial charge is 0.324 e. The van der Waals surface area contributed by atoms with Crippen molar-refractivity contribution < 1.29 is 19.0 Å². The lowest BCUT2D eigenvalue weighted by Crippen LogP contribution is -2.50. The van der Waals surface area contributed by atoms with Crippen molar-refractivity contribution in [3.63, 3.8) is 0 Å². The maximum Gasteiger partial charge on any atom is 0.324 e. The second-order valence-corrected chi connectivity index (χ2v) is 5.73. The molecule has 0 saturated heterocycles. The highest BCUT2D eigenvalue weighted by Crippen LogP contribution is 2.34. The molecule has 2 unspecified atom stereocenters. The summed E-state index contributed by atoms with van der Waals surface area (Å²) >= 11 is 0. The highest BCUT2D eigenvalue weighted by atomic mass is 19.1. The number of nitrogens with one attached hydrogen (secondary N) is 1. The Morgan fingerprint density at radius 2 is 2.33 bits per heavy atom. The van der Waals surface area contributed by atoms with Gasteiger partial charge in [-0.15, -0.1) is 0 Å². The fraction of sp³-hybridized carbons (Fsp3) is 0.562. The van der Waals surface area contributed by atoms with Crippen LogP contribution in [0.25, 0.3) is 0 Å². The number of benzene rings is 1. The third-order valence-corrected chi connectivity index (χ3v) is 3.97. The summed E-state index contributed by atoms with van der Waals surface area (Å²) in [6.45, 7) is 4.51. The molecular formula is C16H22FNO3. The lowest BCUT2D eigenvalue weighted by atomic mass is 9.97. The minimum atomic E-state index is -0.943. The Kier molecular flexibility index (Phi) is 4.83. The molecule has 0 aromatic heterocycles. The molecule has 0 spiro atoms. The molecule has 5 heteroatoms. The molecule has 1 aromatic carbocycles. The van der Waals surface area contributed by atoms with Crippen LogP contribution in [-0.4, -0.2) is 29.3 Å². The second-order valence-electron chi connectivity index (χ2n) is 5.73. The first-order chi connectivity index (χ1) is 9.97. The Morgan fingerprint density at radius 1 is 1.57 bits per heavy atom. The number of hydrogen-bond acceptors (Lipinski definition) is 3. The van der Waals surface area contributed by atoms with Gasteiger partial charge in [0.2, 0.25) is 0 Å². The van der Waals surface area contributed by atoms with Crippen molar-refractivity contribution in [2.24, 2.45) is 0 Å². The van der Waals surface area contributed by atoms with Crippen LogP contribution < -0.4 is 10.1 Å². The molecule has 0 heterocycles. The van der Waals surface area contributed by atoms with E-state index in [1.165, 1.54) is 6.07 Å². The Bertz CT molecular complexity index is 520. The molecule has 0 aliphatic heterocycles. The number of halogens is 1. The number of hydrogen-bond donors (Lipinski definition) is 2. The van der Waals surface area contributed by atoms with Crippen molar-refractivity contribution in [3.8, 4) is 5.75 Å². The van der Waals surface area contributed by atoms with Gasteiger partial charge in [-0.05, 0) is 50.4 Å². The molecule has 1 saturated carbocycles. The molecule has 0 amide bonds. The monoisotopic (exact) mass is 295 g/mol. The van der Waals surface area contributed by atoms with E-state index in [2.05, 4.69) is 5.32 Å². The molecular weight excluding hydrogens is 273 g/mol. The number of carboxylic acids is 1. The first-order valence-corrected chi connectivity index (χ1v) is 7.38. The third-order valence-electron chi connectivity index (χ3n) is 3.97. The predicted octanol–water partition coefficient (Wildman–Crippen LogP) is 2.89. The maximum atomic E-state index is 13.7. The summed E-state index contributed by atoms with van der Waals surface area (Å²) in [5, 5.41) is 12.6. The van der Waals surface area contributed by atoms with E-state index in [0.717, 1.165) is 12.0 Å². The van der Waals surface area contributed by atoms with Gasteiger partial charge in [0.15, 0.2) is 11.6 Å². The van der Waals surface area contributed by atoms with Gasteiger partial charge in [-0.25, -0.2) is 4.39 Å². The average Bonchev–Trinajstić information content (AvgIpc) is 2.85. The number of aliphatic carboxylic acids is 1. The Hall–Kier alpha value is -1.62. The van der Waals surface area contributed by atoms with Crippen LogP contribution in [0.4, 0.5) is 4.39 Å². The zero-order valence-electron chi connectivity index (χ0n) is 12.5. The van der Waals surface area contributed by atoms with Gasteiger partial charge in [-0.2, -0.15) is 0 Å². The van der Waals surface area contributed by atoms with Crippen LogP contribution in [-0.2, 0) is 4.79 Å². The van der Waals surface area contributed by atoms with Crippen molar-refractivity contribution >= 4 is 5.97 Å². The van der Waals surface area contributed by atoms with Crippen LogP contribution in [0, 0.1) is 12.7 Å². The van der Waals surface area contributed by atoms with Gasteiger partial charge in [-0.1, -0.05) is 13.0 Å². The normalized spacial score (nSPS) is 25.0. The zero-order valence-corrected chi connectivity index (χ0v) is 12.5. The second kappa shape index (κ2) is 6.43. The van der Waals surface area contributed by atoms with E-state index in [1.54, 1.807) is 12.1 Å². The summed E-state index contributed by atoms with van der Waals surface area (Å²) in [7, 11) is 0. The van der Waals surface area contributed by atoms with E-state index in [4.69, 9.17) is 4.74 Å². The largest absolute Gasteiger partial charge is 0.487 e. The Balaban J connectivity index is 2.07. The highest BCUT2D eigenvalue weighted by Gasteiger charge is 2.46. The lowest BCUT2D eigenvalue weighted by molar-refractivity contribution is -0.144. The van der Waals surface area contributed by atoms with Crippen LogP contribution >= 0.6 is 0 Å². The molecule has 1 aliphatic rings. The highest BCUT2D eigenvalue weighted by molar-refractivity contribution is 5.79. The first-order valence-electron chi connectivity index (χ1n) is 7.38. The number of rotatable bonds is 6. The minimum absolute atomic E-state index is 0.205. The topological polar surface area (TPSA) is 58.6 Å². The molecule has 1 aromatic rings. The van der Waals surface area contributed by atoms with E-state index in [0.29, 0.717) is 25.8 Å². The minimum Gasteiger partial charge on any atom is -0.487 e. The molecule has 1 fully saturated rings. The van der Waals surface area contributed by atoms with Crippen molar-refractivity contribution in [2.75, 3.05) is 6.54 Å². The van der Waals surface area contributed by atoms with Gasteiger partial charge in [0.25, 0.3) is 0 Å². The average molecular weight is 295 g/mol. The summed E-state index contributed by atoms with van der Waals surface area (Å²) < 4.78 is 19.4. The fourth-order valence-corrected chi connectivity index (χ4v) is 2.78. The Morgan fingerprint density at radius 3 is 3.00 bits per heavy atom. The predicted molar refractivity (Wildman–Crippen MR) is 78.1 cm³/mol. The summed E-state index contributed by atoms with van der Waals surface area (Å²) in [5.41, 5.74) is -0.0287. The summed E-state index contributed by atoms with van der Waals surface area (Å²) in [4.78, 5) is 11.6. The van der Waals surface area contributed by atoms with E-state index < -0.39 is 17.3 Å². The van der Waals surface area contributed by atoms with E-state index in [-0.39, 0.29) is 11.9 Å². The number of ether oxygens (including phenoxy) is 1. The molecule has 1 aliphatic carbocycles. The molecule has 116 valence electrons. The standard InChI is InChI=1S/C16H22FNO3/c1-3-8-18-16(15(19)20)7-6-12(10-16)21-14-9-11(2)4-5-13(14)17/h4-5,9,12,18H,3,6-8,10H2,1-2H3,(H,19,20). The van der Waals surface area contributed by atoms with Gasteiger partial charge >= 0.3 is 5.97 Å². The van der Waals surface area contributed by atoms with Crippen LogP contribution in [0.1, 0.15) is 38.2 Å². The summed E-state index contributed by atoms with van der Waals surface area (Å²) in [6.07, 6.45) is 2.06. The van der Waals surface area contributed by atoms with Crippen molar-refractivity contribution in [1.82, 2.24) is 5.32 Å². The van der Waals surface area contributed by atoms with Crippen LogP contribution in [0.15, 0.2) is 18.2 Å². The Labute approximate surface area is 124 Å². The number of carbonyl (C=O) groups is 1. The molecule has 2 atom stereocenters.